The monoisotopic (exact) mass is 188 g/mol. The Balaban J connectivity index is 2.86. The maximum atomic E-state index is 11.4. The average molecular weight is 188 g/mol. The minimum absolute atomic E-state index is 0.0688. The van der Waals surface area contributed by atoms with Crippen LogP contribution in [0.4, 0.5) is 5.69 Å². The fourth-order valence-corrected chi connectivity index (χ4v) is 1.80. The Kier molecular flexibility index (Phi) is 1.81. The van der Waals surface area contributed by atoms with Gasteiger partial charge in [0, 0.05) is 27.8 Å². The van der Waals surface area contributed by atoms with E-state index in [1.54, 1.807) is 6.92 Å². The summed E-state index contributed by atoms with van der Waals surface area (Å²) < 4.78 is 0. The van der Waals surface area contributed by atoms with Crippen molar-refractivity contribution in [1.82, 2.24) is 4.98 Å². The van der Waals surface area contributed by atoms with Gasteiger partial charge in [0.05, 0.1) is 0 Å². The van der Waals surface area contributed by atoms with E-state index in [4.69, 9.17) is 5.73 Å². The van der Waals surface area contributed by atoms with Gasteiger partial charge in [-0.1, -0.05) is 0 Å². The number of anilines is 1. The lowest BCUT2D eigenvalue weighted by molar-refractivity contribution is 0.101. The first-order chi connectivity index (χ1) is 6.59. The molecule has 0 saturated heterocycles. The van der Waals surface area contributed by atoms with Crippen LogP contribution in [-0.4, -0.2) is 10.8 Å². The van der Waals surface area contributed by atoms with E-state index in [-0.39, 0.29) is 5.78 Å². The van der Waals surface area contributed by atoms with Crippen LogP contribution >= 0.6 is 0 Å². The Bertz CT molecular complexity index is 511. The number of ketones is 1. The van der Waals surface area contributed by atoms with Gasteiger partial charge in [0.15, 0.2) is 5.78 Å². The van der Waals surface area contributed by atoms with Gasteiger partial charge in [-0.2, -0.15) is 0 Å². The van der Waals surface area contributed by atoms with Crippen molar-refractivity contribution in [2.45, 2.75) is 13.8 Å². The summed E-state index contributed by atoms with van der Waals surface area (Å²) in [6.07, 6.45) is 0. The maximum absolute atomic E-state index is 11.4. The molecule has 0 unspecified atom stereocenters. The average Bonchev–Trinajstić information content (AvgIpc) is 2.40. The predicted octanol–water partition coefficient (Wildman–Crippen LogP) is 2.26. The quantitative estimate of drug-likeness (QED) is 0.532. The van der Waals surface area contributed by atoms with Crippen molar-refractivity contribution in [3.05, 3.63) is 29.5 Å². The Morgan fingerprint density at radius 2 is 2.14 bits per heavy atom. The molecule has 0 radical (unpaired) electrons. The van der Waals surface area contributed by atoms with E-state index in [0.29, 0.717) is 5.69 Å². The minimum atomic E-state index is 0.0688. The number of benzene rings is 1. The molecule has 1 aromatic carbocycles. The number of H-pyrrole nitrogens is 1. The van der Waals surface area contributed by atoms with Gasteiger partial charge < -0.3 is 10.7 Å². The van der Waals surface area contributed by atoms with E-state index in [1.165, 1.54) is 0 Å². The highest BCUT2D eigenvalue weighted by atomic mass is 16.1. The number of carbonyl (C=O) groups is 1. The molecule has 0 atom stereocenters. The molecule has 2 aromatic rings. The molecule has 1 aromatic heterocycles. The Labute approximate surface area is 81.9 Å². The third-order valence-corrected chi connectivity index (χ3v) is 2.36. The Hall–Kier alpha value is -1.77. The van der Waals surface area contributed by atoms with Crippen LogP contribution in [0.25, 0.3) is 10.9 Å². The largest absolute Gasteiger partial charge is 0.399 e. The van der Waals surface area contributed by atoms with Crippen LogP contribution in [0, 0.1) is 6.92 Å². The van der Waals surface area contributed by atoms with Gasteiger partial charge in [-0.15, -0.1) is 0 Å². The molecule has 3 nitrogen and oxygen atoms in total. The zero-order valence-corrected chi connectivity index (χ0v) is 8.22. The van der Waals surface area contributed by atoms with Crippen molar-refractivity contribution in [1.29, 1.82) is 0 Å². The fraction of sp³-hybridized carbons (Fsp3) is 0.182. The van der Waals surface area contributed by atoms with E-state index < -0.39 is 0 Å². The molecule has 0 aliphatic heterocycles. The standard InChI is InChI=1S/C11H12N2O/c1-6-11(7(2)14)9-5-8(12)3-4-10(9)13-6/h3-5,13H,12H2,1-2H3. The summed E-state index contributed by atoms with van der Waals surface area (Å²) in [6.45, 7) is 3.46. The van der Waals surface area contributed by atoms with E-state index in [9.17, 15) is 4.79 Å². The molecular formula is C11H12N2O. The second-order valence-electron chi connectivity index (χ2n) is 3.49. The van der Waals surface area contributed by atoms with Crippen LogP contribution in [0.3, 0.4) is 0 Å². The molecule has 0 fully saturated rings. The highest BCUT2D eigenvalue weighted by Crippen LogP contribution is 2.24. The van der Waals surface area contributed by atoms with Gasteiger partial charge in [-0.25, -0.2) is 0 Å². The van der Waals surface area contributed by atoms with Gasteiger partial charge in [0.2, 0.25) is 0 Å². The molecule has 0 aliphatic carbocycles. The number of aromatic amines is 1. The second kappa shape index (κ2) is 2.87. The van der Waals surface area contributed by atoms with E-state index in [0.717, 1.165) is 22.2 Å². The highest BCUT2D eigenvalue weighted by Gasteiger charge is 2.11. The smallest absolute Gasteiger partial charge is 0.162 e. The summed E-state index contributed by atoms with van der Waals surface area (Å²) in [5.74, 6) is 0.0688. The van der Waals surface area contributed by atoms with Crippen molar-refractivity contribution >= 4 is 22.4 Å². The van der Waals surface area contributed by atoms with Crippen LogP contribution in [0.1, 0.15) is 23.0 Å². The van der Waals surface area contributed by atoms with Crippen LogP contribution in [0.2, 0.25) is 0 Å². The number of Topliss-reactive ketones (excluding diaryl/α,β-unsaturated/α-hetero) is 1. The van der Waals surface area contributed by atoms with E-state index in [2.05, 4.69) is 4.98 Å². The van der Waals surface area contributed by atoms with Gasteiger partial charge in [0.1, 0.15) is 0 Å². The molecule has 0 spiro atoms. The van der Waals surface area contributed by atoms with Gasteiger partial charge in [0.25, 0.3) is 0 Å². The number of hydrogen-bond donors (Lipinski definition) is 2. The number of nitrogens with one attached hydrogen (secondary N) is 1. The Morgan fingerprint density at radius 3 is 2.79 bits per heavy atom. The summed E-state index contributed by atoms with van der Waals surface area (Å²) in [7, 11) is 0. The molecule has 2 rings (SSSR count). The predicted molar refractivity (Wildman–Crippen MR) is 57.5 cm³/mol. The summed E-state index contributed by atoms with van der Waals surface area (Å²) in [6, 6.07) is 5.54. The van der Waals surface area contributed by atoms with Crippen molar-refractivity contribution in [3.63, 3.8) is 0 Å². The minimum Gasteiger partial charge on any atom is -0.399 e. The zero-order valence-electron chi connectivity index (χ0n) is 8.22. The zero-order chi connectivity index (χ0) is 10.3. The van der Waals surface area contributed by atoms with Crippen molar-refractivity contribution in [2.24, 2.45) is 0 Å². The van der Waals surface area contributed by atoms with Gasteiger partial charge in [-0.05, 0) is 32.0 Å². The number of carbonyl (C=O) groups excluding carboxylic acids is 1. The molecule has 3 heteroatoms. The van der Waals surface area contributed by atoms with Crippen LogP contribution in [-0.2, 0) is 0 Å². The molecule has 0 saturated carbocycles. The Morgan fingerprint density at radius 1 is 1.43 bits per heavy atom. The summed E-state index contributed by atoms with van der Waals surface area (Å²) in [5.41, 5.74) is 8.96. The van der Waals surface area contributed by atoms with Gasteiger partial charge in [-0.3, -0.25) is 4.79 Å². The fourth-order valence-electron chi connectivity index (χ4n) is 1.80. The summed E-state index contributed by atoms with van der Waals surface area (Å²) >= 11 is 0. The number of aryl methyl sites for hydroxylation is 1. The molecule has 0 aliphatic rings. The molecule has 0 bridgehead atoms. The highest BCUT2D eigenvalue weighted by molar-refractivity contribution is 6.08. The van der Waals surface area contributed by atoms with Crippen LogP contribution in [0.5, 0.6) is 0 Å². The van der Waals surface area contributed by atoms with Crippen LogP contribution in [0.15, 0.2) is 18.2 Å². The third-order valence-electron chi connectivity index (χ3n) is 2.36. The molecule has 14 heavy (non-hydrogen) atoms. The maximum Gasteiger partial charge on any atom is 0.162 e. The number of fused-ring (bicyclic) bond motifs is 1. The van der Waals surface area contributed by atoms with Crippen molar-refractivity contribution < 1.29 is 4.79 Å². The van der Waals surface area contributed by atoms with Gasteiger partial charge >= 0.3 is 0 Å². The molecular weight excluding hydrogens is 176 g/mol. The number of rotatable bonds is 1. The first-order valence-corrected chi connectivity index (χ1v) is 4.48. The van der Waals surface area contributed by atoms with E-state index >= 15 is 0 Å². The number of aromatic nitrogens is 1. The second-order valence-corrected chi connectivity index (χ2v) is 3.49. The normalized spacial score (nSPS) is 10.7. The first-order valence-electron chi connectivity index (χ1n) is 4.48. The van der Waals surface area contributed by atoms with Crippen molar-refractivity contribution in [2.75, 3.05) is 5.73 Å². The summed E-state index contributed by atoms with van der Waals surface area (Å²) in [5, 5.41) is 0.912. The molecule has 72 valence electrons. The van der Waals surface area contributed by atoms with Crippen LogP contribution < -0.4 is 5.73 Å². The van der Waals surface area contributed by atoms with E-state index in [1.807, 2.05) is 25.1 Å². The lowest BCUT2D eigenvalue weighted by Gasteiger charge is -1.96. The lowest BCUT2D eigenvalue weighted by Crippen LogP contribution is -1.93. The summed E-state index contributed by atoms with van der Waals surface area (Å²) in [4.78, 5) is 14.6. The van der Waals surface area contributed by atoms with Crippen molar-refractivity contribution in [3.8, 4) is 0 Å². The topological polar surface area (TPSA) is 58.9 Å². The third kappa shape index (κ3) is 1.18. The number of hydrogen-bond acceptors (Lipinski definition) is 2. The molecule has 1 heterocycles. The lowest BCUT2D eigenvalue weighted by atomic mass is 10.1. The molecule has 3 N–H and O–H groups in total. The first kappa shape index (κ1) is 8.81. The number of nitrogens with two attached hydrogens (primary N) is 1. The number of nitrogen functional groups attached to an aromatic ring is 1. The SMILES string of the molecule is CC(=O)c1c(C)[nH]c2ccc(N)cc12. The molecule has 0 amide bonds.